The van der Waals surface area contributed by atoms with Gasteiger partial charge in [-0.05, 0) is 49.2 Å². The summed E-state index contributed by atoms with van der Waals surface area (Å²) >= 11 is 0. The minimum absolute atomic E-state index is 0.0684. The Kier molecular flexibility index (Phi) is 8.94. The molecule has 0 spiro atoms. The first-order valence-electron chi connectivity index (χ1n) is 11.8. The van der Waals surface area contributed by atoms with Crippen LogP contribution >= 0.6 is 0 Å². The van der Waals surface area contributed by atoms with E-state index in [0.29, 0.717) is 36.0 Å². The van der Waals surface area contributed by atoms with E-state index in [2.05, 4.69) is 17.8 Å². The maximum Gasteiger partial charge on any atom is 0.269 e. The van der Waals surface area contributed by atoms with Gasteiger partial charge >= 0.3 is 0 Å². The molecule has 9 nitrogen and oxygen atoms in total. The van der Waals surface area contributed by atoms with Gasteiger partial charge in [0.15, 0.2) is 11.5 Å². The van der Waals surface area contributed by atoms with Crippen LogP contribution in [0.15, 0.2) is 42.5 Å². The van der Waals surface area contributed by atoms with Gasteiger partial charge < -0.3 is 19.1 Å². The Balaban J connectivity index is 1.74. The maximum absolute atomic E-state index is 13.1. The van der Waals surface area contributed by atoms with Crippen LogP contribution in [0, 0.1) is 5.92 Å². The van der Waals surface area contributed by atoms with Crippen molar-refractivity contribution in [3.05, 3.63) is 53.6 Å². The van der Waals surface area contributed by atoms with Gasteiger partial charge in [-0.3, -0.25) is 25.2 Å². The number of carbonyl (C=O) groups is 3. The summed E-state index contributed by atoms with van der Waals surface area (Å²) in [7, 11) is 3.07. The van der Waals surface area contributed by atoms with E-state index in [1.54, 1.807) is 24.1 Å². The largest absolute Gasteiger partial charge is 0.497 e. The third-order valence-corrected chi connectivity index (χ3v) is 6.00. The topological polar surface area (TPSA) is 106 Å². The lowest BCUT2D eigenvalue weighted by Gasteiger charge is -2.28. The average molecular weight is 484 g/mol. The number of amides is 3. The molecule has 2 aromatic carbocycles. The molecule has 35 heavy (non-hydrogen) atoms. The molecule has 0 saturated carbocycles. The Hall–Kier alpha value is -3.75. The quantitative estimate of drug-likeness (QED) is 0.503. The molecule has 0 aromatic heterocycles. The van der Waals surface area contributed by atoms with Gasteiger partial charge in [0, 0.05) is 18.5 Å². The van der Waals surface area contributed by atoms with Crippen molar-refractivity contribution in [2.24, 2.45) is 5.92 Å². The monoisotopic (exact) mass is 483 g/mol. The van der Waals surface area contributed by atoms with Crippen molar-refractivity contribution >= 4 is 17.7 Å². The van der Waals surface area contributed by atoms with E-state index in [0.717, 1.165) is 18.4 Å². The highest BCUT2D eigenvalue weighted by Crippen LogP contribution is 2.39. The van der Waals surface area contributed by atoms with Gasteiger partial charge in [0.1, 0.15) is 5.75 Å². The average Bonchev–Trinajstić information content (AvgIpc) is 3.22. The Labute approximate surface area is 205 Å². The van der Waals surface area contributed by atoms with Crippen LogP contribution in [0.4, 0.5) is 0 Å². The molecule has 3 amide bonds. The molecule has 0 bridgehead atoms. The number of hydrazine groups is 1. The van der Waals surface area contributed by atoms with Gasteiger partial charge in [0.05, 0.1) is 32.8 Å². The number of carbonyl (C=O) groups excluding carboxylic acids is 3. The Morgan fingerprint density at radius 2 is 1.74 bits per heavy atom. The molecule has 3 rings (SSSR count). The highest BCUT2D eigenvalue weighted by molar-refractivity contribution is 5.97. The van der Waals surface area contributed by atoms with Crippen LogP contribution in [0.25, 0.3) is 0 Å². The lowest BCUT2D eigenvalue weighted by atomic mass is 9.93. The molecule has 2 aromatic rings. The summed E-state index contributed by atoms with van der Waals surface area (Å²) in [6, 6.07) is 11.7. The molecule has 0 radical (unpaired) electrons. The number of methoxy groups -OCH3 is 2. The van der Waals surface area contributed by atoms with Crippen molar-refractivity contribution in [2.75, 3.05) is 27.4 Å². The van der Waals surface area contributed by atoms with E-state index >= 15 is 0 Å². The number of rotatable bonds is 10. The van der Waals surface area contributed by atoms with E-state index < -0.39 is 23.8 Å². The fourth-order valence-electron chi connectivity index (χ4n) is 4.20. The minimum Gasteiger partial charge on any atom is -0.497 e. The zero-order chi connectivity index (χ0) is 25.4. The molecule has 1 heterocycles. The summed E-state index contributed by atoms with van der Waals surface area (Å²) in [6.07, 6.45) is 1.83. The number of nitrogens with one attached hydrogen (secondary N) is 2. The second-order valence-corrected chi connectivity index (χ2v) is 8.21. The van der Waals surface area contributed by atoms with Crippen LogP contribution in [0.3, 0.4) is 0 Å². The maximum atomic E-state index is 13.1. The summed E-state index contributed by atoms with van der Waals surface area (Å²) in [5, 5.41) is 0. The Bertz CT molecular complexity index is 1040. The fourth-order valence-corrected chi connectivity index (χ4v) is 4.20. The van der Waals surface area contributed by atoms with Crippen molar-refractivity contribution in [1.82, 2.24) is 15.8 Å². The van der Waals surface area contributed by atoms with Crippen LogP contribution in [0.1, 0.15) is 55.1 Å². The van der Waals surface area contributed by atoms with E-state index in [-0.39, 0.29) is 12.3 Å². The fraction of sp³-hybridized carbons (Fsp3) is 0.423. The predicted octanol–water partition coefficient (Wildman–Crippen LogP) is 3.25. The highest BCUT2D eigenvalue weighted by atomic mass is 16.5. The van der Waals surface area contributed by atoms with Crippen LogP contribution in [0.5, 0.6) is 17.2 Å². The van der Waals surface area contributed by atoms with Gasteiger partial charge in [-0.2, -0.15) is 0 Å². The summed E-state index contributed by atoms with van der Waals surface area (Å²) in [4.78, 5) is 40.4. The molecule has 2 N–H and O–H groups in total. The molecule has 2 unspecified atom stereocenters. The molecular formula is C26H33N3O6. The third kappa shape index (κ3) is 6.03. The Morgan fingerprint density at radius 1 is 1.00 bits per heavy atom. The lowest BCUT2D eigenvalue weighted by Crippen LogP contribution is -2.45. The lowest BCUT2D eigenvalue weighted by molar-refractivity contribution is -0.129. The molecule has 1 fully saturated rings. The summed E-state index contributed by atoms with van der Waals surface area (Å²) < 4.78 is 16.0. The SMILES string of the molecule is CCCCN1C(=O)CC(C(=O)NNC(=O)c2ccc(OCC)c(OC)c2)C1c1ccc(OC)cc1. The number of benzene rings is 2. The van der Waals surface area contributed by atoms with Crippen molar-refractivity contribution in [3.63, 3.8) is 0 Å². The smallest absolute Gasteiger partial charge is 0.269 e. The van der Waals surface area contributed by atoms with Gasteiger partial charge in [0.25, 0.3) is 5.91 Å². The zero-order valence-electron chi connectivity index (χ0n) is 20.6. The first-order valence-corrected chi connectivity index (χ1v) is 11.8. The predicted molar refractivity (Wildman–Crippen MR) is 130 cm³/mol. The first kappa shape index (κ1) is 25.9. The third-order valence-electron chi connectivity index (χ3n) is 6.00. The summed E-state index contributed by atoms with van der Waals surface area (Å²) in [6.45, 7) is 4.93. The summed E-state index contributed by atoms with van der Waals surface area (Å²) in [5.74, 6) is -0.0349. The van der Waals surface area contributed by atoms with Crippen LogP contribution in [-0.2, 0) is 9.59 Å². The number of hydrogen-bond donors (Lipinski definition) is 2. The van der Waals surface area contributed by atoms with Crippen LogP contribution in [-0.4, -0.2) is 50.0 Å². The van der Waals surface area contributed by atoms with Gasteiger partial charge in [0.2, 0.25) is 11.8 Å². The van der Waals surface area contributed by atoms with Gasteiger partial charge in [-0.1, -0.05) is 25.5 Å². The normalized spacial score (nSPS) is 17.1. The molecular weight excluding hydrogens is 450 g/mol. The zero-order valence-corrected chi connectivity index (χ0v) is 20.6. The minimum atomic E-state index is -0.650. The molecule has 1 aliphatic heterocycles. The van der Waals surface area contributed by atoms with Gasteiger partial charge in [-0.25, -0.2) is 0 Å². The molecule has 188 valence electrons. The number of hydrogen-bond acceptors (Lipinski definition) is 6. The molecule has 9 heteroatoms. The van der Waals surface area contributed by atoms with E-state index in [4.69, 9.17) is 14.2 Å². The van der Waals surface area contributed by atoms with Crippen molar-refractivity contribution in [3.8, 4) is 17.2 Å². The second kappa shape index (κ2) is 12.1. The van der Waals surface area contributed by atoms with Crippen LogP contribution < -0.4 is 25.1 Å². The highest BCUT2D eigenvalue weighted by Gasteiger charge is 2.44. The van der Waals surface area contributed by atoms with Crippen molar-refractivity contribution < 1.29 is 28.6 Å². The van der Waals surface area contributed by atoms with Crippen LogP contribution in [0.2, 0.25) is 0 Å². The van der Waals surface area contributed by atoms with E-state index in [9.17, 15) is 14.4 Å². The number of ether oxygens (including phenoxy) is 3. The van der Waals surface area contributed by atoms with Gasteiger partial charge in [-0.15, -0.1) is 0 Å². The molecule has 1 saturated heterocycles. The van der Waals surface area contributed by atoms with E-state index in [1.807, 2.05) is 31.2 Å². The van der Waals surface area contributed by atoms with Crippen molar-refractivity contribution in [2.45, 2.75) is 39.2 Å². The van der Waals surface area contributed by atoms with Crippen molar-refractivity contribution in [1.29, 1.82) is 0 Å². The second-order valence-electron chi connectivity index (χ2n) is 8.21. The standard InChI is InChI=1S/C26H33N3O6/c1-5-7-14-29-23(30)16-20(24(29)17-8-11-19(33-3)12-9-17)26(32)28-27-25(31)18-10-13-21(35-6-2)22(15-18)34-4/h8-13,15,20,24H,5-7,14,16H2,1-4H3,(H,27,31)(H,28,32). The molecule has 0 aliphatic carbocycles. The Morgan fingerprint density at radius 3 is 2.37 bits per heavy atom. The molecule has 2 atom stereocenters. The first-order chi connectivity index (χ1) is 16.9. The summed E-state index contributed by atoms with van der Waals surface area (Å²) in [5.41, 5.74) is 6.10. The number of unbranched alkanes of at least 4 members (excludes halogenated alkanes) is 1. The molecule has 1 aliphatic rings. The number of likely N-dealkylation sites (tertiary alicyclic amines) is 1. The number of nitrogens with zero attached hydrogens (tertiary/aromatic N) is 1. The van der Waals surface area contributed by atoms with E-state index in [1.165, 1.54) is 13.2 Å².